The van der Waals surface area contributed by atoms with E-state index < -0.39 is 6.10 Å². The van der Waals surface area contributed by atoms with Crippen molar-refractivity contribution < 1.29 is 28.6 Å². The van der Waals surface area contributed by atoms with E-state index in [1.165, 1.54) is 70.6 Å². The summed E-state index contributed by atoms with van der Waals surface area (Å²) in [5, 5.41) is 0. The van der Waals surface area contributed by atoms with Crippen LogP contribution in [0.2, 0.25) is 0 Å². The van der Waals surface area contributed by atoms with E-state index in [0.29, 0.717) is 19.3 Å². The van der Waals surface area contributed by atoms with Gasteiger partial charge < -0.3 is 14.2 Å². The molecule has 1 atom stereocenters. The Bertz CT molecular complexity index is 1440. The summed E-state index contributed by atoms with van der Waals surface area (Å²) in [5.41, 5.74) is 0. The lowest BCUT2D eigenvalue weighted by atomic mass is 10.1. The topological polar surface area (TPSA) is 78.9 Å². The summed E-state index contributed by atoms with van der Waals surface area (Å²) in [6.07, 6.45) is 74.7. The van der Waals surface area contributed by atoms with E-state index in [2.05, 4.69) is 81.5 Å². The molecular weight excluding hydrogens is 829 g/mol. The minimum Gasteiger partial charge on any atom is -0.462 e. The van der Waals surface area contributed by atoms with Crippen LogP contribution < -0.4 is 0 Å². The van der Waals surface area contributed by atoms with Gasteiger partial charge in [-0.3, -0.25) is 14.4 Å². The van der Waals surface area contributed by atoms with E-state index in [-0.39, 0.29) is 37.5 Å². The average Bonchev–Trinajstić information content (AvgIpc) is 3.33. The maximum atomic E-state index is 12.8. The molecule has 0 amide bonds. The zero-order chi connectivity index (χ0) is 48.6. The second-order valence-corrected chi connectivity index (χ2v) is 17.5. The van der Waals surface area contributed by atoms with Crippen LogP contribution in [0.5, 0.6) is 0 Å². The molecule has 0 heterocycles. The Kier molecular flexibility index (Phi) is 51.0. The molecular formula is C61H98O6. The first-order valence-electron chi connectivity index (χ1n) is 27.1. The Balaban J connectivity index is 4.53. The molecule has 6 heteroatoms. The van der Waals surface area contributed by atoms with E-state index in [9.17, 15) is 14.4 Å². The van der Waals surface area contributed by atoms with Crippen LogP contribution in [0.3, 0.4) is 0 Å². The van der Waals surface area contributed by atoms with Crippen molar-refractivity contribution >= 4 is 17.9 Å². The fourth-order valence-corrected chi connectivity index (χ4v) is 7.07. The van der Waals surface area contributed by atoms with Gasteiger partial charge in [0.05, 0.1) is 0 Å². The van der Waals surface area contributed by atoms with Crippen LogP contribution in [0.15, 0.2) is 122 Å². The highest BCUT2D eigenvalue weighted by molar-refractivity contribution is 5.71. The molecule has 0 aliphatic carbocycles. The number of hydrogen-bond acceptors (Lipinski definition) is 6. The standard InChI is InChI=1S/C61H98O6/c1-4-7-10-13-16-19-22-25-28-30-32-33-36-39-42-45-48-51-54-60(63)66-57-58(56-65-59(62)53-50-47-44-41-38-35-27-24-21-18-15-12-9-6-3)67-61(64)55-52-49-46-43-40-37-34-31-29-26-23-20-17-14-11-8-5-2/h8-9,11-12,14,17-18,20-21,23,26-27,29,31-35,37,40,58H,4-7,10,13,15-16,19,22,24-25,28,30,36,38-39,41-57H2,1-3H3/b11-8-,12-9-,17-14-,21-18-,23-20-,29-26-,33-32-,34-31+,35-27-,40-37-. The van der Waals surface area contributed by atoms with Crippen LogP contribution in [-0.2, 0) is 28.6 Å². The largest absolute Gasteiger partial charge is 0.462 e. The molecule has 0 saturated carbocycles. The summed E-state index contributed by atoms with van der Waals surface area (Å²) in [6.45, 7) is 6.31. The van der Waals surface area contributed by atoms with E-state index >= 15 is 0 Å². The minimum absolute atomic E-state index is 0.111. The van der Waals surface area contributed by atoms with E-state index in [1.807, 2.05) is 60.8 Å². The van der Waals surface area contributed by atoms with Crippen LogP contribution in [0, 0.1) is 0 Å². The Morgan fingerprint density at radius 2 is 0.657 bits per heavy atom. The first kappa shape index (κ1) is 62.8. The third-order valence-electron chi connectivity index (χ3n) is 11.1. The van der Waals surface area contributed by atoms with Crippen molar-refractivity contribution in [3.8, 4) is 0 Å². The molecule has 0 spiro atoms. The predicted octanol–water partition coefficient (Wildman–Crippen LogP) is 18.1. The highest BCUT2D eigenvalue weighted by Gasteiger charge is 2.19. The van der Waals surface area contributed by atoms with Crippen LogP contribution in [0.25, 0.3) is 0 Å². The van der Waals surface area contributed by atoms with Gasteiger partial charge in [0, 0.05) is 19.3 Å². The third kappa shape index (κ3) is 52.6. The van der Waals surface area contributed by atoms with E-state index in [1.54, 1.807) is 0 Å². The molecule has 0 aromatic heterocycles. The summed E-state index contributed by atoms with van der Waals surface area (Å²) in [4.78, 5) is 38.1. The molecule has 0 rings (SSSR count). The molecule has 1 unspecified atom stereocenters. The van der Waals surface area contributed by atoms with Gasteiger partial charge in [0.2, 0.25) is 0 Å². The fourth-order valence-electron chi connectivity index (χ4n) is 7.07. The zero-order valence-corrected chi connectivity index (χ0v) is 43.1. The van der Waals surface area contributed by atoms with Gasteiger partial charge in [0.1, 0.15) is 13.2 Å². The number of rotatable bonds is 47. The molecule has 0 fully saturated rings. The number of allylic oxidation sites excluding steroid dienone is 20. The number of esters is 3. The molecule has 378 valence electrons. The smallest absolute Gasteiger partial charge is 0.306 e. The fraction of sp³-hybridized carbons (Fsp3) is 0.623. The van der Waals surface area contributed by atoms with Crippen LogP contribution in [-0.4, -0.2) is 37.2 Å². The zero-order valence-electron chi connectivity index (χ0n) is 43.1. The molecule has 0 radical (unpaired) electrons. The molecule has 67 heavy (non-hydrogen) atoms. The summed E-state index contributed by atoms with van der Waals surface area (Å²) in [5.74, 6) is -0.990. The minimum atomic E-state index is -0.818. The maximum Gasteiger partial charge on any atom is 0.306 e. The van der Waals surface area contributed by atoms with Gasteiger partial charge in [0.25, 0.3) is 0 Å². The Morgan fingerprint density at radius 3 is 1.12 bits per heavy atom. The molecule has 0 aromatic carbocycles. The highest BCUT2D eigenvalue weighted by Crippen LogP contribution is 2.14. The van der Waals surface area contributed by atoms with Gasteiger partial charge >= 0.3 is 17.9 Å². The van der Waals surface area contributed by atoms with Crippen molar-refractivity contribution in [2.45, 2.75) is 232 Å². The second kappa shape index (κ2) is 54.4. The highest BCUT2D eigenvalue weighted by atomic mass is 16.6. The Labute approximate surface area is 412 Å². The van der Waals surface area contributed by atoms with Gasteiger partial charge in [-0.05, 0) is 96.3 Å². The van der Waals surface area contributed by atoms with Crippen molar-refractivity contribution in [3.05, 3.63) is 122 Å². The van der Waals surface area contributed by atoms with E-state index in [4.69, 9.17) is 14.2 Å². The first-order valence-corrected chi connectivity index (χ1v) is 27.1. The number of hydrogen-bond donors (Lipinski definition) is 0. The van der Waals surface area contributed by atoms with Crippen molar-refractivity contribution in [2.75, 3.05) is 13.2 Å². The number of carbonyl (C=O) groups is 3. The van der Waals surface area contributed by atoms with Crippen LogP contribution in [0.4, 0.5) is 0 Å². The molecule has 0 bridgehead atoms. The number of ether oxygens (including phenoxy) is 3. The lowest BCUT2D eigenvalue weighted by Gasteiger charge is -2.18. The lowest BCUT2D eigenvalue weighted by Crippen LogP contribution is -2.30. The molecule has 6 nitrogen and oxygen atoms in total. The van der Waals surface area contributed by atoms with Gasteiger partial charge in [-0.1, -0.05) is 232 Å². The SMILES string of the molecule is CC\C=C/C=C\C=C/C=C\C=C\C=C/CCCCCC(=O)OC(COC(=O)CCCCCC/C=C\C/C=C\C/C=C\CC)COC(=O)CCCCCCC/C=C\CCCCCCCCCCC. The quantitative estimate of drug-likeness (QED) is 0.0199. The van der Waals surface area contributed by atoms with Crippen molar-refractivity contribution in [2.24, 2.45) is 0 Å². The van der Waals surface area contributed by atoms with Gasteiger partial charge in [0.15, 0.2) is 6.10 Å². The molecule has 0 aromatic rings. The monoisotopic (exact) mass is 927 g/mol. The Morgan fingerprint density at radius 1 is 0.328 bits per heavy atom. The van der Waals surface area contributed by atoms with Gasteiger partial charge in [-0.25, -0.2) is 0 Å². The van der Waals surface area contributed by atoms with Gasteiger partial charge in [-0.15, -0.1) is 0 Å². The lowest BCUT2D eigenvalue weighted by molar-refractivity contribution is -0.167. The predicted molar refractivity (Wildman–Crippen MR) is 288 cm³/mol. The maximum absolute atomic E-state index is 12.8. The van der Waals surface area contributed by atoms with E-state index in [0.717, 1.165) is 109 Å². The summed E-state index contributed by atoms with van der Waals surface area (Å²) in [7, 11) is 0. The summed E-state index contributed by atoms with van der Waals surface area (Å²) >= 11 is 0. The molecule has 0 N–H and O–H groups in total. The summed E-state index contributed by atoms with van der Waals surface area (Å²) < 4.78 is 16.8. The average molecular weight is 927 g/mol. The number of unbranched alkanes of at least 4 members (excludes halogenated alkanes) is 21. The third-order valence-corrected chi connectivity index (χ3v) is 11.1. The summed E-state index contributed by atoms with van der Waals surface area (Å²) in [6, 6.07) is 0. The van der Waals surface area contributed by atoms with Crippen molar-refractivity contribution in [1.82, 2.24) is 0 Å². The van der Waals surface area contributed by atoms with Crippen molar-refractivity contribution in [1.29, 1.82) is 0 Å². The Hall–Kier alpha value is -4.19. The first-order chi connectivity index (χ1) is 33.0. The van der Waals surface area contributed by atoms with Crippen LogP contribution in [0.1, 0.15) is 226 Å². The van der Waals surface area contributed by atoms with Crippen molar-refractivity contribution in [3.63, 3.8) is 0 Å². The number of carbonyl (C=O) groups excluding carboxylic acids is 3. The van der Waals surface area contributed by atoms with Crippen LogP contribution >= 0.6 is 0 Å². The molecule has 0 saturated heterocycles. The second-order valence-electron chi connectivity index (χ2n) is 17.5. The molecule has 0 aliphatic heterocycles. The van der Waals surface area contributed by atoms with Gasteiger partial charge in [-0.2, -0.15) is 0 Å². The molecule has 0 aliphatic rings. The normalized spacial score (nSPS) is 13.1.